The van der Waals surface area contributed by atoms with Gasteiger partial charge >= 0.3 is 0 Å². The predicted molar refractivity (Wildman–Crippen MR) is 72.6 cm³/mol. The van der Waals surface area contributed by atoms with Gasteiger partial charge in [-0.05, 0) is 30.7 Å². The SMILES string of the molecule is c1n[nH]cc1CCn1cc(CCC2CCCC2)nn1. The molecule has 0 aromatic carbocycles. The average Bonchev–Trinajstić information content (AvgIpc) is 3.16. The number of aromatic nitrogens is 5. The van der Waals surface area contributed by atoms with Gasteiger partial charge in [-0.15, -0.1) is 5.10 Å². The molecule has 0 saturated heterocycles. The van der Waals surface area contributed by atoms with E-state index >= 15 is 0 Å². The van der Waals surface area contributed by atoms with E-state index in [0.29, 0.717) is 0 Å². The number of nitrogens with zero attached hydrogens (tertiary/aromatic N) is 4. The molecule has 2 aromatic heterocycles. The topological polar surface area (TPSA) is 59.4 Å². The van der Waals surface area contributed by atoms with Crippen molar-refractivity contribution in [3.63, 3.8) is 0 Å². The molecule has 0 amide bonds. The first-order chi connectivity index (χ1) is 9.40. The summed E-state index contributed by atoms with van der Waals surface area (Å²) in [6, 6.07) is 0. The Morgan fingerprint density at radius 3 is 2.95 bits per heavy atom. The van der Waals surface area contributed by atoms with E-state index in [1.54, 1.807) is 0 Å². The normalized spacial score (nSPS) is 16.2. The lowest BCUT2D eigenvalue weighted by Crippen LogP contribution is -2.01. The zero-order valence-electron chi connectivity index (χ0n) is 11.3. The molecule has 2 aromatic rings. The molecule has 0 radical (unpaired) electrons. The van der Waals surface area contributed by atoms with Crippen molar-refractivity contribution < 1.29 is 0 Å². The van der Waals surface area contributed by atoms with Crippen molar-refractivity contribution in [3.8, 4) is 0 Å². The van der Waals surface area contributed by atoms with Gasteiger partial charge in [0, 0.05) is 18.9 Å². The number of hydrogen-bond acceptors (Lipinski definition) is 3. The molecule has 1 aliphatic carbocycles. The molecular weight excluding hydrogens is 238 g/mol. The van der Waals surface area contributed by atoms with Gasteiger partial charge in [-0.2, -0.15) is 5.10 Å². The molecule has 0 spiro atoms. The van der Waals surface area contributed by atoms with Gasteiger partial charge in [-0.1, -0.05) is 30.9 Å². The van der Waals surface area contributed by atoms with Gasteiger partial charge in [0.05, 0.1) is 11.9 Å². The third kappa shape index (κ3) is 3.43. The first kappa shape index (κ1) is 12.4. The number of nitrogens with one attached hydrogen (secondary N) is 1. The second-order valence-electron chi connectivity index (χ2n) is 5.52. The van der Waals surface area contributed by atoms with Crippen LogP contribution in [0.1, 0.15) is 43.4 Å². The standard InChI is InChI=1S/C14H21N5/c1-2-4-12(3-1)5-6-14-11-19(18-17-14)8-7-13-9-15-16-10-13/h9-12H,1-8H2,(H,15,16). The molecule has 0 unspecified atom stereocenters. The number of aromatic amines is 1. The second-order valence-corrected chi connectivity index (χ2v) is 5.52. The molecule has 1 saturated carbocycles. The number of rotatable bonds is 6. The van der Waals surface area contributed by atoms with Crippen molar-refractivity contribution in [2.24, 2.45) is 5.92 Å². The average molecular weight is 259 g/mol. The fourth-order valence-corrected chi connectivity index (χ4v) is 2.87. The third-order valence-corrected chi connectivity index (χ3v) is 4.05. The van der Waals surface area contributed by atoms with Crippen molar-refractivity contribution in [2.75, 3.05) is 0 Å². The summed E-state index contributed by atoms with van der Waals surface area (Å²) < 4.78 is 1.94. The van der Waals surface area contributed by atoms with Crippen LogP contribution in [-0.4, -0.2) is 25.2 Å². The Kier molecular flexibility index (Phi) is 3.91. The second kappa shape index (κ2) is 5.99. The van der Waals surface area contributed by atoms with E-state index in [4.69, 9.17) is 0 Å². The smallest absolute Gasteiger partial charge is 0.0827 e. The Hall–Kier alpha value is -1.65. The molecule has 5 nitrogen and oxygen atoms in total. The van der Waals surface area contributed by atoms with Crippen molar-refractivity contribution >= 4 is 0 Å². The molecular formula is C14H21N5. The minimum absolute atomic E-state index is 0.871. The first-order valence-electron chi connectivity index (χ1n) is 7.27. The maximum absolute atomic E-state index is 4.27. The number of aryl methyl sites for hydroxylation is 3. The molecule has 0 aliphatic heterocycles. The molecule has 0 atom stereocenters. The molecule has 19 heavy (non-hydrogen) atoms. The molecule has 1 N–H and O–H groups in total. The van der Waals surface area contributed by atoms with Gasteiger partial charge in [-0.25, -0.2) is 0 Å². The maximum atomic E-state index is 4.27. The summed E-state index contributed by atoms with van der Waals surface area (Å²) in [4.78, 5) is 0. The van der Waals surface area contributed by atoms with Gasteiger partial charge in [-0.3, -0.25) is 9.78 Å². The van der Waals surface area contributed by atoms with Crippen LogP contribution in [0.4, 0.5) is 0 Å². The number of hydrogen-bond donors (Lipinski definition) is 1. The molecule has 1 aliphatic rings. The van der Waals surface area contributed by atoms with Crippen LogP contribution in [-0.2, 0) is 19.4 Å². The lowest BCUT2D eigenvalue weighted by Gasteiger charge is -2.05. The van der Waals surface area contributed by atoms with Crippen LogP contribution < -0.4 is 0 Å². The Balaban J connectivity index is 1.45. The van der Waals surface area contributed by atoms with Crippen LogP contribution in [0.15, 0.2) is 18.6 Å². The molecule has 0 bridgehead atoms. The summed E-state index contributed by atoms with van der Waals surface area (Å²) in [6.07, 6.45) is 14.8. The predicted octanol–water partition coefficient (Wildman–Crippen LogP) is 2.37. The molecule has 5 heteroatoms. The van der Waals surface area contributed by atoms with Crippen LogP contribution >= 0.6 is 0 Å². The van der Waals surface area contributed by atoms with Gasteiger partial charge in [0.15, 0.2) is 0 Å². The van der Waals surface area contributed by atoms with Gasteiger partial charge in [0.25, 0.3) is 0 Å². The zero-order chi connectivity index (χ0) is 12.9. The van der Waals surface area contributed by atoms with Crippen LogP contribution in [0.2, 0.25) is 0 Å². The van der Waals surface area contributed by atoms with E-state index in [1.165, 1.54) is 37.7 Å². The fourth-order valence-electron chi connectivity index (χ4n) is 2.87. The summed E-state index contributed by atoms with van der Waals surface area (Å²) in [5, 5.41) is 15.2. The third-order valence-electron chi connectivity index (χ3n) is 4.05. The van der Waals surface area contributed by atoms with E-state index in [-0.39, 0.29) is 0 Å². The van der Waals surface area contributed by atoms with Crippen LogP contribution in [0.25, 0.3) is 0 Å². The Labute approximate surface area is 113 Å². The quantitative estimate of drug-likeness (QED) is 0.866. The Bertz CT molecular complexity index is 482. The Morgan fingerprint density at radius 1 is 1.26 bits per heavy atom. The molecule has 3 rings (SSSR count). The van der Waals surface area contributed by atoms with E-state index in [0.717, 1.165) is 31.0 Å². The van der Waals surface area contributed by atoms with E-state index < -0.39 is 0 Å². The lowest BCUT2D eigenvalue weighted by atomic mass is 10.0. The first-order valence-corrected chi connectivity index (χ1v) is 7.27. The minimum Gasteiger partial charge on any atom is -0.285 e. The monoisotopic (exact) mass is 259 g/mol. The fraction of sp³-hybridized carbons (Fsp3) is 0.643. The van der Waals surface area contributed by atoms with E-state index in [2.05, 4.69) is 26.7 Å². The van der Waals surface area contributed by atoms with Gasteiger partial charge in [0.2, 0.25) is 0 Å². The highest BCUT2D eigenvalue weighted by Crippen LogP contribution is 2.28. The van der Waals surface area contributed by atoms with Crippen molar-refractivity contribution in [1.29, 1.82) is 0 Å². The van der Waals surface area contributed by atoms with E-state index in [1.807, 2.05) is 17.1 Å². The highest BCUT2D eigenvalue weighted by molar-refractivity contribution is 5.02. The molecule has 102 valence electrons. The summed E-state index contributed by atoms with van der Waals surface area (Å²) in [7, 11) is 0. The summed E-state index contributed by atoms with van der Waals surface area (Å²) in [5.74, 6) is 0.927. The van der Waals surface area contributed by atoms with Crippen LogP contribution in [0.3, 0.4) is 0 Å². The lowest BCUT2D eigenvalue weighted by molar-refractivity contribution is 0.500. The number of H-pyrrole nitrogens is 1. The van der Waals surface area contributed by atoms with Crippen LogP contribution in [0, 0.1) is 5.92 Å². The summed E-state index contributed by atoms with van der Waals surface area (Å²) in [6.45, 7) is 0.871. The van der Waals surface area contributed by atoms with Gasteiger partial charge in [0.1, 0.15) is 0 Å². The van der Waals surface area contributed by atoms with Crippen molar-refractivity contribution in [2.45, 2.75) is 51.5 Å². The zero-order valence-corrected chi connectivity index (χ0v) is 11.3. The van der Waals surface area contributed by atoms with Gasteiger partial charge < -0.3 is 0 Å². The minimum atomic E-state index is 0.871. The van der Waals surface area contributed by atoms with Crippen molar-refractivity contribution in [1.82, 2.24) is 25.2 Å². The van der Waals surface area contributed by atoms with E-state index in [9.17, 15) is 0 Å². The van der Waals surface area contributed by atoms with Crippen molar-refractivity contribution in [3.05, 3.63) is 29.8 Å². The Morgan fingerprint density at radius 2 is 2.16 bits per heavy atom. The molecule has 2 heterocycles. The largest absolute Gasteiger partial charge is 0.285 e. The summed E-state index contributed by atoms with van der Waals surface area (Å²) in [5.41, 5.74) is 2.35. The highest BCUT2D eigenvalue weighted by atomic mass is 15.4. The summed E-state index contributed by atoms with van der Waals surface area (Å²) >= 11 is 0. The highest BCUT2D eigenvalue weighted by Gasteiger charge is 2.15. The van der Waals surface area contributed by atoms with Crippen LogP contribution in [0.5, 0.6) is 0 Å². The molecule has 1 fully saturated rings. The maximum Gasteiger partial charge on any atom is 0.0827 e.